The largest absolute Gasteiger partial charge is 0.478 e. The maximum atomic E-state index is 11.6. The Morgan fingerprint density at radius 3 is 2.63 bits per heavy atom. The average Bonchev–Trinajstić information content (AvgIpc) is 3.34. The quantitative estimate of drug-likeness (QED) is 0.617. The molecule has 3 heterocycles. The molecule has 1 unspecified atom stereocenters. The number of aromatic amines is 1. The van der Waals surface area contributed by atoms with Crippen LogP contribution in [0.5, 0.6) is 0 Å². The van der Waals surface area contributed by atoms with Crippen molar-refractivity contribution >= 4 is 40.3 Å². The summed E-state index contributed by atoms with van der Waals surface area (Å²) in [7, 11) is 0. The van der Waals surface area contributed by atoms with Gasteiger partial charge in [-0.25, -0.2) is 4.79 Å². The highest BCUT2D eigenvalue weighted by Gasteiger charge is 2.34. The Kier molecular flexibility index (Phi) is 4.53. The molecular weight excluding hydrogens is 382 g/mol. The number of carboxylic acid groups (broad SMARTS) is 1. The molecule has 1 atom stereocenters. The second kappa shape index (κ2) is 6.87. The molecule has 138 valence electrons. The third-order valence-electron chi connectivity index (χ3n) is 4.83. The molecular formula is C20H18ClN3O2S. The van der Waals surface area contributed by atoms with E-state index in [-0.39, 0.29) is 6.04 Å². The van der Waals surface area contributed by atoms with Crippen LogP contribution in [0, 0.1) is 13.8 Å². The molecule has 0 amide bonds. The Balaban J connectivity index is 1.80. The second-order valence-electron chi connectivity index (χ2n) is 6.53. The van der Waals surface area contributed by atoms with Gasteiger partial charge in [-0.1, -0.05) is 17.7 Å². The van der Waals surface area contributed by atoms with E-state index in [1.165, 1.54) is 0 Å². The number of rotatable bonds is 4. The molecule has 2 N–H and O–H groups in total. The van der Waals surface area contributed by atoms with E-state index in [9.17, 15) is 9.90 Å². The predicted octanol–water partition coefficient (Wildman–Crippen LogP) is 5.40. The van der Waals surface area contributed by atoms with Gasteiger partial charge in [-0.2, -0.15) is 5.10 Å². The molecule has 1 aliphatic heterocycles. The van der Waals surface area contributed by atoms with Crippen molar-refractivity contribution in [2.75, 3.05) is 5.01 Å². The summed E-state index contributed by atoms with van der Waals surface area (Å²) in [6.45, 7) is 3.65. The van der Waals surface area contributed by atoms with Gasteiger partial charge < -0.3 is 10.1 Å². The van der Waals surface area contributed by atoms with Crippen molar-refractivity contribution in [3.63, 3.8) is 0 Å². The van der Waals surface area contributed by atoms with Gasteiger partial charge in [0, 0.05) is 22.8 Å². The lowest BCUT2D eigenvalue weighted by Crippen LogP contribution is -2.19. The molecule has 1 aromatic carbocycles. The number of aryl methyl sites for hydroxylation is 1. The van der Waals surface area contributed by atoms with E-state index in [1.54, 1.807) is 18.3 Å². The van der Waals surface area contributed by atoms with E-state index < -0.39 is 5.97 Å². The molecule has 0 spiro atoms. The Morgan fingerprint density at radius 2 is 2.04 bits per heavy atom. The Bertz CT molecular complexity index is 1020. The van der Waals surface area contributed by atoms with Crippen LogP contribution in [0.2, 0.25) is 5.02 Å². The SMILES string of the molecule is Cc1[nH]c(C2CC(c3cccs3)=NN2c2ccc(Cl)cc2)c(C)c1C(=O)O. The van der Waals surface area contributed by atoms with Crippen LogP contribution < -0.4 is 5.01 Å². The van der Waals surface area contributed by atoms with Crippen LogP contribution in [0.4, 0.5) is 5.69 Å². The van der Waals surface area contributed by atoms with E-state index in [2.05, 4.69) is 11.1 Å². The molecule has 1 aliphatic rings. The number of aromatic carboxylic acids is 1. The smallest absolute Gasteiger partial charge is 0.337 e. The van der Waals surface area contributed by atoms with Crippen LogP contribution in [0.25, 0.3) is 0 Å². The maximum Gasteiger partial charge on any atom is 0.337 e. The number of nitrogens with one attached hydrogen (secondary N) is 1. The first-order chi connectivity index (χ1) is 13.0. The first kappa shape index (κ1) is 17.8. The van der Waals surface area contributed by atoms with E-state index >= 15 is 0 Å². The van der Waals surface area contributed by atoms with Gasteiger partial charge in [-0.15, -0.1) is 11.3 Å². The summed E-state index contributed by atoms with van der Waals surface area (Å²) >= 11 is 7.69. The van der Waals surface area contributed by atoms with E-state index in [0.29, 0.717) is 22.7 Å². The number of hydrazone groups is 1. The minimum Gasteiger partial charge on any atom is -0.478 e. The Labute approximate surface area is 165 Å². The highest BCUT2D eigenvalue weighted by Crippen LogP contribution is 2.39. The van der Waals surface area contributed by atoms with Crippen LogP contribution in [0.3, 0.4) is 0 Å². The maximum absolute atomic E-state index is 11.6. The number of nitrogens with zero attached hydrogens (tertiary/aromatic N) is 2. The number of thiophene rings is 1. The number of benzene rings is 1. The molecule has 0 saturated carbocycles. The van der Waals surface area contributed by atoms with E-state index in [4.69, 9.17) is 16.7 Å². The van der Waals surface area contributed by atoms with Crippen molar-refractivity contribution in [1.82, 2.24) is 4.98 Å². The number of hydrogen-bond acceptors (Lipinski definition) is 4. The van der Waals surface area contributed by atoms with Crippen molar-refractivity contribution in [3.05, 3.63) is 74.2 Å². The van der Waals surface area contributed by atoms with Crippen molar-refractivity contribution in [3.8, 4) is 0 Å². The minimum absolute atomic E-state index is 0.102. The zero-order chi connectivity index (χ0) is 19.1. The van der Waals surface area contributed by atoms with Gasteiger partial charge >= 0.3 is 5.97 Å². The lowest BCUT2D eigenvalue weighted by atomic mass is 10.0. The van der Waals surface area contributed by atoms with Gasteiger partial charge in [0.25, 0.3) is 0 Å². The fourth-order valence-corrected chi connectivity index (χ4v) is 4.43. The summed E-state index contributed by atoms with van der Waals surface area (Å²) in [5.74, 6) is -0.914. The van der Waals surface area contributed by atoms with Crippen LogP contribution in [-0.2, 0) is 0 Å². The number of aromatic nitrogens is 1. The molecule has 7 heteroatoms. The summed E-state index contributed by atoms with van der Waals surface area (Å²) in [6.07, 6.45) is 0.697. The molecule has 3 aromatic rings. The number of H-pyrrole nitrogens is 1. The predicted molar refractivity (Wildman–Crippen MR) is 109 cm³/mol. The second-order valence-corrected chi connectivity index (χ2v) is 7.92. The van der Waals surface area contributed by atoms with Gasteiger partial charge in [0.1, 0.15) is 0 Å². The molecule has 0 aliphatic carbocycles. The monoisotopic (exact) mass is 399 g/mol. The molecule has 4 rings (SSSR count). The lowest BCUT2D eigenvalue weighted by molar-refractivity contribution is 0.0695. The summed E-state index contributed by atoms with van der Waals surface area (Å²) in [5.41, 5.74) is 4.55. The topological polar surface area (TPSA) is 68.7 Å². The number of hydrogen-bond donors (Lipinski definition) is 2. The first-order valence-electron chi connectivity index (χ1n) is 8.54. The lowest BCUT2D eigenvalue weighted by Gasteiger charge is -2.23. The van der Waals surface area contributed by atoms with Gasteiger partial charge in [-0.05, 0) is 55.1 Å². The first-order valence-corrected chi connectivity index (χ1v) is 9.80. The number of halogens is 1. The van der Waals surface area contributed by atoms with Crippen LogP contribution >= 0.6 is 22.9 Å². The van der Waals surface area contributed by atoms with Crippen molar-refractivity contribution in [1.29, 1.82) is 0 Å². The van der Waals surface area contributed by atoms with Gasteiger partial charge in [-0.3, -0.25) is 5.01 Å². The molecule has 0 bridgehead atoms. The van der Waals surface area contributed by atoms with Crippen LogP contribution in [0.1, 0.15) is 44.6 Å². The van der Waals surface area contributed by atoms with Crippen molar-refractivity contribution in [2.45, 2.75) is 26.3 Å². The highest BCUT2D eigenvalue weighted by atomic mass is 35.5. The Morgan fingerprint density at radius 1 is 1.30 bits per heavy atom. The molecule has 0 saturated heterocycles. The minimum atomic E-state index is -0.914. The summed E-state index contributed by atoms with van der Waals surface area (Å²) in [4.78, 5) is 16.1. The van der Waals surface area contributed by atoms with Gasteiger partial charge in [0.15, 0.2) is 0 Å². The summed E-state index contributed by atoms with van der Waals surface area (Å²) < 4.78 is 0. The fraction of sp³-hybridized carbons (Fsp3) is 0.200. The molecule has 0 fully saturated rings. The molecule has 27 heavy (non-hydrogen) atoms. The molecule has 2 aromatic heterocycles. The Hall–Kier alpha value is -2.57. The standard InChI is InChI=1S/C20H18ClN3O2S/c1-11-18(20(25)26)12(2)22-19(11)16-10-15(17-4-3-9-27-17)23-24(16)14-7-5-13(21)6-8-14/h3-9,16,22H,10H2,1-2H3,(H,25,26). The van der Waals surface area contributed by atoms with Gasteiger partial charge in [0.05, 0.1) is 27.9 Å². The fourth-order valence-electron chi connectivity index (χ4n) is 3.59. The number of carbonyl (C=O) groups is 1. The third kappa shape index (κ3) is 3.15. The molecule has 5 nitrogen and oxygen atoms in total. The third-order valence-corrected chi connectivity index (χ3v) is 6.00. The zero-order valence-corrected chi connectivity index (χ0v) is 16.4. The summed E-state index contributed by atoms with van der Waals surface area (Å²) in [5, 5.41) is 19.1. The zero-order valence-electron chi connectivity index (χ0n) is 14.9. The molecule has 0 radical (unpaired) electrons. The van der Waals surface area contributed by atoms with Gasteiger partial charge in [0.2, 0.25) is 0 Å². The average molecular weight is 400 g/mol. The van der Waals surface area contributed by atoms with Crippen molar-refractivity contribution < 1.29 is 9.90 Å². The van der Waals surface area contributed by atoms with E-state index in [0.717, 1.165) is 27.5 Å². The normalized spacial score (nSPS) is 16.6. The van der Waals surface area contributed by atoms with Crippen LogP contribution in [-0.4, -0.2) is 21.8 Å². The van der Waals surface area contributed by atoms with Crippen LogP contribution in [0.15, 0.2) is 46.9 Å². The number of carboxylic acids is 1. The van der Waals surface area contributed by atoms with E-state index in [1.807, 2.05) is 47.6 Å². The van der Waals surface area contributed by atoms with Crippen molar-refractivity contribution in [2.24, 2.45) is 5.10 Å². The number of anilines is 1. The summed E-state index contributed by atoms with van der Waals surface area (Å²) in [6, 6.07) is 11.5. The highest BCUT2D eigenvalue weighted by molar-refractivity contribution is 7.12.